The van der Waals surface area contributed by atoms with Gasteiger partial charge in [0.25, 0.3) is 11.8 Å². The molecule has 4 rings (SSSR count). The molecule has 2 N–H and O–H groups in total. The summed E-state index contributed by atoms with van der Waals surface area (Å²) in [4.78, 5) is 69.7. The van der Waals surface area contributed by atoms with Gasteiger partial charge in [0.2, 0.25) is 5.91 Å². The first-order chi connectivity index (χ1) is 24.4. The highest BCUT2D eigenvalue weighted by molar-refractivity contribution is 6.04. The van der Waals surface area contributed by atoms with E-state index in [9.17, 15) is 34.3 Å². The maximum atomic E-state index is 13.6. The average Bonchev–Trinajstić information content (AvgIpc) is 3.55. The predicted molar refractivity (Wildman–Crippen MR) is 188 cm³/mol. The summed E-state index contributed by atoms with van der Waals surface area (Å²) >= 11 is 0. The third-order valence-corrected chi connectivity index (χ3v) is 8.14. The summed E-state index contributed by atoms with van der Waals surface area (Å²) in [6.07, 6.45) is -4.55. The van der Waals surface area contributed by atoms with Crippen LogP contribution in [0.1, 0.15) is 64.7 Å². The molecule has 2 aromatic rings. The Balaban J connectivity index is 1.47. The molecule has 0 aliphatic carbocycles. The molecule has 15 nitrogen and oxygen atoms in total. The number of nitriles is 1. The Kier molecular flexibility index (Phi) is 12.6. The van der Waals surface area contributed by atoms with Gasteiger partial charge in [0.1, 0.15) is 11.2 Å². The number of imide groups is 1. The number of nitrogens with zero attached hydrogens (tertiary/aromatic N) is 4. The molecule has 52 heavy (non-hydrogen) atoms. The van der Waals surface area contributed by atoms with Gasteiger partial charge in [-0.3, -0.25) is 14.4 Å². The van der Waals surface area contributed by atoms with Gasteiger partial charge < -0.3 is 39.2 Å². The van der Waals surface area contributed by atoms with Crippen molar-refractivity contribution in [2.24, 2.45) is 0 Å². The molecule has 2 fully saturated rings. The number of aliphatic hydroxyl groups is 1. The molecular weight excluding hydrogens is 674 g/mol. The van der Waals surface area contributed by atoms with Crippen molar-refractivity contribution in [3.05, 3.63) is 59.2 Å². The minimum absolute atomic E-state index is 0.0134. The highest BCUT2D eigenvalue weighted by atomic mass is 16.6. The van der Waals surface area contributed by atoms with Crippen molar-refractivity contribution in [3.8, 4) is 6.07 Å². The lowest BCUT2D eigenvalue weighted by atomic mass is 10.1. The highest BCUT2D eigenvalue weighted by Gasteiger charge is 2.40. The molecule has 0 unspecified atom stereocenters. The third-order valence-electron chi connectivity index (χ3n) is 8.14. The van der Waals surface area contributed by atoms with Crippen LogP contribution in [0.3, 0.4) is 0 Å². The van der Waals surface area contributed by atoms with Crippen LogP contribution in [0.2, 0.25) is 0 Å². The van der Waals surface area contributed by atoms with Gasteiger partial charge in [-0.2, -0.15) is 5.26 Å². The summed E-state index contributed by atoms with van der Waals surface area (Å²) in [6.45, 7) is 10.7. The van der Waals surface area contributed by atoms with Crippen LogP contribution in [-0.2, 0) is 46.3 Å². The zero-order valence-electron chi connectivity index (χ0n) is 30.6. The minimum Gasteiger partial charge on any atom is -0.443 e. The fourth-order valence-electron chi connectivity index (χ4n) is 5.63. The van der Waals surface area contributed by atoms with E-state index in [1.807, 2.05) is 6.07 Å². The number of carbonyl (C=O) groups is 5. The van der Waals surface area contributed by atoms with Crippen LogP contribution in [0, 0.1) is 11.3 Å². The zero-order valence-corrected chi connectivity index (χ0v) is 30.6. The highest BCUT2D eigenvalue weighted by Crippen LogP contribution is 2.25. The van der Waals surface area contributed by atoms with Crippen molar-refractivity contribution in [1.82, 2.24) is 9.80 Å². The number of likely N-dealkylation sites (tertiary alicyclic amines) is 1. The third kappa shape index (κ3) is 10.5. The number of carbonyl (C=O) groups excluding carboxylic acids is 5. The molecule has 0 aromatic heterocycles. The SMILES string of the molecule is CO[C@H]1CCN(C(=O)Cc2cccc(N3CCO[C@H]([C@@H](O)C(=O)Nc4ccc(C#N)c(CN(C(=O)OC(C)(C)C)C(=O)OC(C)(C)C)c4)C3=O)c2)C1. The first-order valence-corrected chi connectivity index (χ1v) is 17.0. The van der Waals surface area contributed by atoms with E-state index in [2.05, 4.69) is 5.32 Å². The second-order valence-electron chi connectivity index (χ2n) is 14.6. The largest absolute Gasteiger partial charge is 0.443 e. The second kappa shape index (κ2) is 16.5. The summed E-state index contributed by atoms with van der Waals surface area (Å²) in [5.41, 5.74) is -0.322. The van der Waals surface area contributed by atoms with E-state index >= 15 is 0 Å². The first kappa shape index (κ1) is 39.7. The molecule has 0 spiro atoms. The fourth-order valence-corrected chi connectivity index (χ4v) is 5.63. The molecule has 2 aliphatic heterocycles. The number of morpholine rings is 1. The van der Waals surface area contributed by atoms with E-state index in [-0.39, 0.29) is 48.4 Å². The Hall–Kier alpha value is -5.04. The molecule has 5 amide bonds. The molecule has 15 heteroatoms. The first-order valence-electron chi connectivity index (χ1n) is 17.0. The normalized spacial score (nSPS) is 18.3. The number of aliphatic hydroxyl groups excluding tert-OH is 1. The number of anilines is 2. The molecule has 280 valence electrons. The van der Waals surface area contributed by atoms with E-state index in [1.54, 1.807) is 77.8 Å². The Labute approximate surface area is 303 Å². The van der Waals surface area contributed by atoms with Crippen molar-refractivity contribution in [2.75, 3.05) is 43.6 Å². The van der Waals surface area contributed by atoms with Crippen LogP contribution < -0.4 is 10.2 Å². The van der Waals surface area contributed by atoms with Crippen LogP contribution in [0.4, 0.5) is 21.0 Å². The minimum atomic E-state index is -1.93. The lowest BCUT2D eigenvalue weighted by molar-refractivity contribution is -0.150. The maximum absolute atomic E-state index is 13.6. The molecule has 2 aliphatic rings. The van der Waals surface area contributed by atoms with E-state index < -0.39 is 54.0 Å². The van der Waals surface area contributed by atoms with Gasteiger partial charge in [0.15, 0.2) is 12.2 Å². The Morgan fingerprint density at radius 2 is 1.71 bits per heavy atom. The van der Waals surface area contributed by atoms with Crippen molar-refractivity contribution in [3.63, 3.8) is 0 Å². The number of methoxy groups -OCH3 is 1. The molecule has 2 saturated heterocycles. The number of rotatable bonds is 9. The molecule has 0 bridgehead atoms. The topological polar surface area (TPSA) is 188 Å². The van der Waals surface area contributed by atoms with Crippen LogP contribution in [0.25, 0.3) is 0 Å². The van der Waals surface area contributed by atoms with Crippen molar-refractivity contribution in [2.45, 2.75) is 90.4 Å². The molecule has 2 heterocycles. The van der Waals surface area contributed by atoms with Crippen molar-refractivity contribution >= 4 is 41.3 Å². The summed E-state index contributed by atoms with van der Waals surface area (Å²) in [5.74, 6) is -1.67. The lowest BCUT2D eigenvalue weighted by Gasteiger charge is -2.34. The number of benzene rings is 2. The molecular formula is C37H47N5O10. The van der Waals surface area contributed by atoms with E-state index in [0.29, 0.717) is 29.2 Å². The van der Waals surface area contributed by atoms with Gasteiger partial charge >= 0.3 is 12.2 Å². The number of ether oxygens (including phenoxy) is 4. The standard InChI is InChI=1S/C37H47N5O10/c1-36(2,3)51-34(47)42(35(48)52-37(4,5)6)21-25-19-26(12-11-24(25)20-38)39-32(45)30(44)31-33(46)41(15-16-50-31)27-10-8-9-23(17-27)18-29(43)40-14-13-28(22-40)49-7/h8-12,17,19,28,30-31,44H,13-16,18,21-22H2,1-7H3,(H,39,45)/t28-,30+,31+/m0/s1. The van der Waals surface area contributed by atoms with E-state index in [4.69, 9.17) is 18.9 Å². The monoisotopic (exact) mass is 721 g/mol. The maximum Gasteiger partial charge on any atom is 0.420 e. The second-order valence-corrected chi connectivity index (χ2v) is 14.6. The van der Waals surface area contributed by atoms with Gasteiger partial charge in [-0.25, -0.2) is 14.5 Å². The summed E-state index contributed by atoms with van der Waals surface area (Å²) in [5, 5.41) is 23.3. The molecule has 3 atom stereocenters. The Morgan fingerprint density at radius 3 is 2.31 bits per heavy atom. The zero-order chi connectivity index (χ0) is 38.4. The van der Waals surface area contributed by atoms with Gasteiger partial charge in [-0.05, 0) is 89.4 Å². The predicted octanol–water partition coefficient (Wildman–Crippen LogP) is 3.75. The number of amides is 5. The van der Waals surface area contributed by atoms with E-state index in [1.165, 1.54) is 23.1 Å². The summed E-state index contributed by atoms with van der Waals surface area (Å²) < 4.78 is 21.7. The van der Waals surface area contributed by atoms with Gasteiger partial charge in [0.05, 0.1) is 37.3 Å². The molecule has 0 saturated carbocycles. The van der Waals surface area contributed by atoms with Crippen LogP contribution in [0.5, 0.6) is 0 Å². The molecule has 2 aromatic carbocycles. The smallest absolute Gasteiger partial charge is 0.420 e. The summed E-state index contributed by atoms with van der Waals surface area (Å²) in [6, 6.07) is 13.1. The lowest BCUT2D eigenvalue weighted by Crippen LogP contribution is -2.55. The number of nitrogens with one attached hydrogen (secondary N) is 1. The molecule has 0 radical (unpaired) electrons. The number of hydrogen-bond acceptors (Lipinski definition) is 11. The average molecular weight is 722 g/mol. The quantitative estimate of drug-likeness (QED) is 0.384. The van der Waals surface area contributed by atoms with Gasteiger partial charge in [-0.15, -0.1) is 0 Å². The van der Waals surface area contributed by atoms with Gasteiger partial charge in [-0.1, -0.05) is 12.1 Å². The van der Waals surface area contributed by atoms with Crippen LogP contribution in [-0.4, -0.2) is 108 Å². The number of hydrogen-bond donors (Lipinski definition) is 2. The van der Waals surface area contributed by atoms with Crippen molar-refractivity contribution in [1.29, 1.82) is 5.26 Å². The van der Waals surface area contributed by atoms with Gasteiger partial charge in [0, 0.05) is 38.1 Å². The summed E-state index contributed by atoms with van der Waals surface area (Å²) in [7, 11) is 1.62. The van der Waals surface area contributed by atoms with Crippen LogP contribution in [0.15, 0.2) is 42.5 Å². The van der Waals surface area contributed by atoms with E-state index in [0.717, 1.165) is 6.42 Å². The Morgan fingerprint density at radius 1 is 1.04 bits per heavy atom. The van der Waals surface area contributed by atoms with Crippen molar-refractivity contribution < 1.29 is 48.0 Å². The van der Waals surface area contributed by atoms with Crippen LogP contribution >= 0.6 is 0 Å². The fraction of sp³-hybridized carbons (Fsp3) is 0.514. The Bertz CT molecular complexity index is 1680.